The van der Waals surface area contributed by atoms with Gasteiger partial charge >= 0.3 is 0 Å². The quantitative estimate of drug-likeness (QED) is 0.498. The van der Waals surface area contributed by atoms with Crippen LogP contribution in [0.3, 0.4) is 0 Å². The van der Waals surface area contributed by atoms with Crippen molar-refractivity contribution in [2.45, 2.75) is 13.0 Å². The molecule has 2 rings (SSSR count). The van der Waals surface area contributed by atoms with Crippen molar-refractivity contribution in [3.8, 4) is 0 Å². The van der Waals surface area contributed by atoms with Crippen LogP contribution >= 0.6 is 0 Å². The molecule has 2 heterocycles. The summed E-state index contributed by atoms with van der Waals surface area (Å²) in [4.78, 5) is 6.75. The summed E-state index contributed by atoms with van der Waals surface area (Å²) in [5, 5.41) is 3.38. The highest BCUT2D eigenvalue weighted by molar-refractivity contribution is 5.86. The van der Waals surface area contributed by atoms with Crippen LogP contribution in [0.25, 0.3) is 0 Å². The molecule has 0 spiro atoms. The summed E-state index contributed by atoms with van der Waals surface area (Å²) in [6.45, 7) is 6.47. The fraction of sp³-hybridized carbons (Fsp3) is 0.857. The summed E-state index contributed by atoms with van der Waals surface area (Å²) < 4.78 is 0. The molecule has 3 nitrogen and oxygen atoms in total. The normalized spacial score (nSPS) is 31.9. The molecule has 0 aromatic carbocycles. The van der Waals surface area contributed by atoms with Gasteiger partial charge in [0, 0.05) is 19.1 Å². The van der Waals surface area contributed by atoms with Crippen molar-refractivity contribution in [3.63, 3.8) is 0 Å². The molecular weight excluding hydrogens is 126 g/mol. The Morgan fingerprint density at radius 2 is 2.60 bits per heavy atom. The van der Waals surface area contributed by atoms with Crippen molar-refractivity contribution >= 4 is 5.84 Å². The number of piperazine rings is 1. The van der Waals surface area contributed by atoms with Crippen LogP contribution < -0.4 is 5.32 Å². The van der Waals surface area contributed by atoms with Crippen LogP contribution in [0.1, 0.15) is 6.92 Å². The summed E-state index contributed by atoms with van der Waals surface area (Å²) in [5.74, 6) is 1.26. The Morgan fingerprint density at radius 1 is 1.70 bits per heavy atom. The Hall–Kier alpha value is -0.570. The number of aliphatic imine (C=N–C) groups is 1. The van der Waals surface area contributed by atoms with Crippen LogP contribution in [0.2, 0.25) is 0 Å². The van der Waals surface area contributed by atoms with E-state index in [0.29, 0.717) is 6.04 Å². The molecule has 0 aliphatic carbocycles. The maximum absolute atomic E-state index is 4.37. The average molecular weight is 139 g/mol. The SMILES string of the molecule is CC1CN2CCN=C2CN1. The second-order valence-electron chi connectivity index (χ2n) is 3.03. The Balaban J connectivity index is 2.06. The van der Waals surface area contributed by atoms with Crippen LogP contribution in [0, 0.1) is 0 Å². The zero-order chi connectivity index (χ0) is 6.97. The lowest BCUT2D eigenvalue weighted by Gasteiger charge is -2.30. The molecule has 1 atom stereocenters. The molecule has 10 heavy (non-hydrogen) atoms. The van der Waals surface area contributed by atoms with Crippen LogP contribution in [0.15, 0.2) is 4.99 Å². The summed E-state index contributed by atoms with van der Waals surface area (Å²) in [6.07, 6.45) is 0. The van der Waals surface area contributed by atoms with Gasteiger partial charge in [-0.1, -0.05) is 0 Å². The van der Waals surface area contributed by atoms with Crippen molar-refractivity contribution < 1.29 is 0 Å². The van der Waals surface area contributed by atoms with Crippen LogP contribution in [0.4, 0.5) is 0 Å². The minimum atomic E-state index is 0.636. The van der Waals surface area contributed by atoms with Gasteiger partial charge in [-0.2, -0.15) is 0 Å². The smallest absolute Gasteiger partial charge is 0.113 e. The molecular formula is C7H13N3. The molecule has 56 valence electrons. The van der Waals surface area contributed by atoms with Crippen LogP contribution in [-0.2, 0) is 0 Å². The third kappa shape index (κ3) is 0.904. The van der Waals surface area contributed by atoms with Gasteiger partial charge in [-0.05, 0) is 6.92 Å². The molecule has 2 aliphatic rings. The molecule has 0 bridgehead atoms. The van der Waals surface area contributed by atoms with E-state index < -0.39 is 0 Å². The van der Waals surface area contributed by atoms with Gasteiger partial charge < -0.3 is 10.2 Å². The number of amidine groups is 1. The van der Waals surface area contributed by atoms with Crippen LogP contribution in [-0.4, -0.2) is 43.0 Å². The highest BCUT2D eigenvalue weighted by Crippen LogP contribution is 2.06. The van der Waals surface area contributed by atoms with E-state index in [0.717, 1.165) is 26.2 Å². The summed E-state index contributed by atoms with van der Waals surface area (Å²) in [6, 6.07) is 0.636. The fourth-order valence-corrected chi connectivity index (χ4v) is 1.55. The molecule has 0 aromatic rings. The molecule has 2 aliphatic heterocycles. The van der Waals surface area contributed by atoms with E-state index in [9.17, 15) is 0 Å². The maximum atomic E-state index is 4.37. The second kappa shape index (κ2) is 2.23. The molecule has 1 fully saturated rings. The fourth-order valence-electron chi connectivity index (χ4n) is 1.55. The van der Waals surface area contributed by atoms with E-state index >= 15 is 0 Å². The summed E-state index contributed by atoms with van der Waals surface area (Å²) in [5.41, 5.74) is 0. The number of hydrogen-bond acceptors (Lipinski definition) is 3. The van der Waals surface area contributed by atoms with E-state index in [4.69, 9.17) is 0 Å². The lowest BCUT2D eigenvalue weighted by atomic mass is 10.2. The minimum Gasteiger partial charge on any atom is -0.356 e. The lowest BCUT2D eigenvalue weighted by molar-refractivity contribution is 0.357. The number of nitrogens with one attached hydrogen (secondary N) is 1. The van der Waals surface area contributed by atoms with E-state index in [1.54, 1.807) is 0 Å². The highest BCUT2D eigenvalue weighted by Gasteiger charge is 2.22. The first-order chi connectivity index (χ1) is 4.86. The topological polar surface area (TPSA) is 27.6 Å². The molecule has 0 aromatic heterocycles. The molecule has 1 saturated heterocycles. The van der Waals surface area contributed by atoms with Gasteiger partial charge in [0.2, 0.25) is 0 Å². The lowest BCUT2D eigenvalue weighted by Crippen LogP contribution is -2.51. The largest absolute Gasteiger partial charge is 0.356 e. The predicted molar refractivity (Wildman–Crippen MR) is 41.3 cm³/mol. The van der Waals surface area contributed by atoms with Crippen molar-refractivity contribution in [2.24, 2.45) is 4.99 Å². The van der Waals surface area contributed by atoms with E-state index in [1.165, 1.54) is 5.84 Å². The van der Waals surface area contributed by atoms with Gasteiger partial charge in [0.25, 0.3) is 0 Å². The van der Waals surface area contributed by atoms with Gasteiger partial charge in [-0.25, -0.2) is 0 Å². The van der Waals surface area contributed by atoms with Gasteiger partial charge in [0.15, 0.2) is 0 Å². The number of fused-ring (bicyclic) bond motifs is 1. The third-order valence-electron chi connectivity index (χ3n) is 2.13. The first-order valence-corrected chi connectivity index (χ1v) is 3.88. The first-order valence-electron chi connectivity index (χ1n) is 3.88. The van der Waals surface area contributed by atoms with E-state index in [-0.39, 0.29) is 0 Å². The predicted octanol–water partition coefficient (Wildman–Crippen LogP) is -0.308. The Bertz CT molecular complexity index is 164. The number of hydrogen-bond donors (Lipinski definition) is 1. The maximum Gasteiger partial charge on any atom is 0.113 e. The minimum absolute atomic E-state index is 0.636. The summed E-state index contributed by atoms with van der Waals surface area (Å²) in [7, 11) is 0. The van der Waals surface area contributed by atoms with Gasteiger partial charge in [0.05, 0.1) is 13.1 Å². The number of nitrogens with zero attached hydrogens (tertiary/aromatic N) is 2. The molecule has 1 unspecified atom stereocenters. The Labute approximate surface area is 61.1 Å². The first kappa shape index (κ1) is 6.16. The average Bonchev–Trinajstić information content (AvgIpc) is 2.33. The molecule has 0 amide bonds. The number of rotatable bonds is 0. The highest BCUT2D eigenvalue weighted by atomic mass is 15.3. The monoisotopic (exact) mass is 139 g/mol. The van der Waals surface area contributed by atoms with Crippen molar-refractivity contribution in [2.75, 3.05) is 26.2 Å². The second-order valence-corrected chi connectivity index (χ2v) is 3.03. The Kier molecular flexibility index (Phi) is 1.38. The molecule has 0 radical (unpaired) electrons. The van der Waals surface area contributed by atoms with Gasteiger partial charge in [-0.15, -0.1) is 0 Å². The van der Waals surface area contributed by atoms with Crippen LogP contribution in [0.5, 0.6) is 0 Å². The standard InChI is InChI=1S/C7H13N3/c1-6-5-10-3-2-8-7(10)4-9-6/h6,9H,2-5H2,1H3. The zero-order valence-electron chi connectivity index (χ0n) is 6.30. The molecule has 3 heteroatoms. The third-order valence-corrected chi connectivity index (χ3v) is 2.13. The Morgan fingerprint density at radius 3 is 3.50 bits per heavy atom. The van der Waals surface area contributed by atoms with Gasteiger partial charge in [-0.3, -0.25) is 4.99 Å². The molecule has 1 N–H and O–H groups in total. The van der Waals surface area contributed by atoms with Gasteiger partial charge in [0.1, 0.15) is 5.84 Å². The van der Waals surface area contributed by atoms with Crippen molar-refractivity contribution in [1.29, 1.82) is 0 Å². The van der Waals surface area contributed by atoms with E-state index in [2.05, 4.69) is 22.1 Å². The molecule has 0 saturated carbocycles. The summed E-state index contributed by atoms with van der Waals surface area (Å²) >= 11 is 0. The zero-order valence-corrected chi connectivity index (χ0v) is 6.30. The van der Waals surface area contributed by atoms with Crippen molar-refractivity contribution in [3.05, 3.63) is 0 Å². The van der Waals surface area contributed by atoms with Crippen molar-refractivity contribution in [1.82, 2.24) is 10.2 Å². The van der Waals surface area contributed by atoms with E-state index in [1.807, 2.05) is 0 Å².